The molecule has 3 rings (SSSR count). The summed E-state index contributed by atoms with van der Waals surface area (Å²) in [5, 5.41) is 10.5. The first kappa shape index (κ1) is 17.7. The van der Waals surface area contributed by atoms with Gasteiger partial charge in [0.2, 0.25) is 0 Å². The molecule has 0 spiro atoms. The lowest BCUT2D eigenvalue weighted by molar-refractivity contribution is 0.0753. The lowest BCUT2D eigenvalue weighted by Crippen LogP contribution is -2.35. The predicted molar refractivity (Wildman–Crippen MR) is 95.3 cm³/mol. The smallest absolute Gasteiger partial charge is 0.260 e. The summed E-state index contributed by atoms with van der Waals surface area (Å²) in [5.41, 5.74) is 0.921. The molecule has 0 unspecified atom stereocenters. The average molecular weight is 363 g/mol. The molecule has 0 saturated carbocycles. The van der Waals surface area contributed by atoms with E-state index in [0.717, 1.165) is 25.1 Å². The number of hydrogen-bond acceptors (Lipinski definition) is 3. The van der Waals surface area contributed by atoms with Gasteiger partial charge in [-0.15, -0.1) is 0 Å². The average Bonchev–Trinajstić information content (AvgIpc) is 2.82. The molecule has 1 amide bonds. The summed E-state index contributed by atoms with van der Waals surface area (Å²) in [5.74, 6) is -1.46. The maximum atomic E-state index is 13.9. The van der Waals surface area contributed by atoms with Crippen molar-refractivity contribution in [3.63, 3.8) is 0 Å². The van der Waals surface area contributed by atoms with E-state index in [9.17, 15) is 14.3 Å². The Morgan fingerprint density at radius 3 is 2.56 bits per heavy atom. The first-order valence-corrected chi connectivity index (χ1v) is 8.66. The molecule has 1 aliphatic heterocycles. The van der Waals surface area contributed by atoms with Gasteiger partial charge in [0.1, 0.15) is 17.1 Å². The molecule has 1 fully saturated rings. The SMILES string of the molecule is O=C(c1c(O)cccc1F)N1CCCN(Cc2ccc(Cl)cc2)CC1. The van der Waals surface area contributed by atoms with E-state index in [4.69, 9.17) is 11.6 Å². The van der Waals surface area contributed by atoms with Crippen LogP contribution >= 0.6 is 11.6 Å². The Labute approximate surface area is 151 Å². The second-order valence-electron chi connectivity index (χ2n) is 6.18. The van der Waals surface area contributed by atoms with Crippen molar-refractivity contribution in [2.45, 2.75) is 13.0 Å². The van der Waals surface area contributed by atoms with Gasteiger partial charge in [0.15, 0.2) is 0 Å². The summed E-state index contributed by atoms with van der Waals surface area (Å²) >= 11 is 5.91. The molecule has 1 saturated heterocycles. The third-order valence-electron chi connectivity index (χ3n) is 4.40. The van der Waals surface area contributed by atoms with Gasteiger partial charge in [-0.2, -0.15) is 0 Å². The Balaban J connectivity index is 1.65. The molecule has 1 N–H and O–H groups in total. The summed E-state index contributed by atoms with van der Waals surface area (Å²) in [6, 6.07) is 11.6. The van der Waals surface area contributed by atoms with Crippen LogP contribution < -0.4 is 0 Å². The molecule has 25 heavy (non-hydrogen) atoms. The highest BCUT2D eigenvalue weighted by Gasteiger charge is 2.24. The number of carbonyl (C=O) groups excluding carboxylic acids is 1. The van der Waals surface area contributed by atoms with E-state index < -0.39 is 11.7 Å². The fourth-order valence-electron chi connectivity index (χ4n) is 3.06. The van der Waals surface area contributed by atoms with E-state index in [2.05, 4.69) is 4.90 Å². The van der Waals surface area contributed by atoms with Crippen LogP contribution in [0.2, 0.25) is 5.02 Å². The van der Waals surface area contributed by atoms with Crippen LogP contribution in [-0.4, -0.2) is 47.0 Å². The van der Waals surface area contributed by atoms with Crippen molar-refractivity contribution in [1.82, 2.24) is 9.80 Å². The molecule has 0 aliphatic carbocycles. The Kier molecular flexibility index (Phi) is 5.56. The van der Waals surface area contributed by atoms with Crippen LogP contribution in [0.3, 0.4) is 0 Å². The van der Waals surface area contributed by atoms with Gasteiger partial charge in [-0.1, -0.05) is 29.8 Å². The van der Waals surface area contributed by atoms with Gasteiger partial charge in [0.25, 0.3) is 5.91 Å². The summed E-state index contributed by atoms with van der Waals surface area (Å²) in [4.78, 5) is 16.5. The zero-order valence-electron chi connectivity index (χ0n) is 13.8. The number of hydrogen-bond donors (Lipinski definition) is 1. The maximum absolute atomic E-state index is 13.9. The quantitative estimate of drug-likeness (QED) is 0.908. The van der Waals surface area contributed by atoms with Crippen LogP contribution in [0.25, 0.3) is 0 Å². The number of aromatic hydroxyl groups is 1. The molecular formula is C19H20ClFN2O2. The van der Waals surface area contributed by atoms with Gasteiger partial charge in [-0.3, -0.25) is 9.69 Å². The maximum Gasteiger partial charge on any atom is 0.260 e. The van der Waals surface area contributed by atoms with Crippen LogP contribution in [0.5, 0.6) is 5.75 Å². The van der Waals surface area contributed by atoms with E-state index in [1.54, 1.807) is 4.90 Å². The van der Waals surface area contributed by atoms with Crippen LogP contribution in [-0.2, 0) is 6.54 Å². The molecule has 6 heteroatoms. The van der Waals surface area contributed by atoms with Crippen molar-refractivity contribution in [2.24, 2.45) is 0 Å². The largest absolute Gasteiger partial charge is 0.507 e. The molecule has 0 aromatic heterocycles. The molecular weight excluding hydrogens is 343 g/mol. The molecule has 2 aromatic rings. The number of halogens is 2. The number of benzene rings is 2. The van der Waals surface area contributed by atoms with Gasteiger partial charge >= 0.3 is 0 Å². The van der Waals surface area contributed by atoms with Crippen LogP contribution in [0.15, 0.2) is 42.5 Å². The minimum Gasteiger partial charge on any atom is -0.507 e. The van der Waals surface area contributed by atoms with Crippen molar-refractivity contribution >= 4 is 17.5 Å². The zero-order chi connectivity index (χ0) is 17.8. The van der Waals surface area contributed by atoms with E-state index in [-0.39, 0.29) is 11.3 Å². The molecule has 0 atom stereocenters. The third-order valence-corrected chi connectivity index (χ3v) is 4.65. The molecule has 2 aromatic carbocycles. The van der Waals surface area contributed by atoms with Crippen molar-refractivity contribution in [1.29, 1.82) is 0 Å². The fraction of sp³-hybridized carbons (Fsp3) is 0.316. The topological polar surface area (TPSA) is 43.8 Å². The van der Waals surface area contributed by atoms with E-state index in [1.807, 2.05) is 24.3 Å². The van der Waals surface area contributed by atoms with E-state index >= 15 is 0 Å². The zero-order valence-corrected chi connectivity index (χ0v) is 14.5. The Hall–Kier alpha value is -2.11. The number of rotatable bonds is 3. The normalized spacial score (nSPS) is 15.8. The van der Waals surface area contributed by atoms with Crippen molar-refractivity contribution < 1.29 is 14.3 Å². The lowest BCUT2D eigenvalue weighted by Gasteiger charge is -2.22. The molecule has 1 aliphatic rings. The van der Waals surface area contributed by atoms with Crippen molar-refractivity contribution in [2.75, 3.05) is 26.2 Å². The first-order valence-electron chi connectivity index (χ1n) is 8.28. The summed E-state index contributed by atoms with van der Waals surface area (Å²) in [6.45, 7) is 3.38. The standard InChI is InChI=1S/C19H20ClFN2O2/c20-15-7-5-14(6-8-15)13-22-9-2-10-23(12-11-22)19(25)18-16(21)3-1-4-17(18)24/h1,3-8,24H,2,9-13H2. The number of carbonyl (C=O) groups is 1. The number of phenolic OH excluding ortho intramolecular Hbond substituents is 1. The Morgan fingerprint density at radius 2 is 1.84 bits per heavy atom. The van der Waals surface area contributed by atoms with Gasteiger partial charge in [-0.05, 0) is 36.2 Å². The van der Waals surface area contributed by atoms with E-state index in [1.165, 1.54) is 18.2 Å². The van der Waals surface area contributed by atoms with Gasteiger partial charge in [-0.25, -0.2) is 4.39 Å². The third kappa shape index (κ3) is 4.30. The van der Waals surface area contributed by atoms with Crippen molar-refractivity contribution in [3.8, 4) is 5.75 Å². The number of phenols is 1. The first-order chi connectivity index (χ1) is 12.0. The predicted octanol–water partition coefficient (Wildman–Crippen LogP) is 3.53. The monoisotopic (exact) mass is 362 g/mol. The Bertz CT molecular complexity index is 731. The molecule has 0 radical (unpaired) electrons. The molecule has 4 nitrogen and oxygen atoms in total. The van der Waals surface area contributed by atoms with Crippen LogP contribution in [0, 0.1) is 5.82 Å². The minimum absolute atomic E-state index is 0.242. The summed E-state index contributed by atoms with van der Waals surface area (Å²) < 4.78 is 13.9. The minimum atomic E-state index is -0.688. The number of amides is 1. The fourth-order valence-corrected chi connectivity index (χ4v) is 3.19. The van der Waals surface area contributed by atoms with Gasteiger partial charge < -0.3 is 10.0 Å². The summed E-state index contributed by atoms with van der Waals surface area (Å²) in [6.07, 6.45) is 0.800. The lowest BCUT2D eigenvalue weighted by atomic mass is 10.1. The number of nitrogens with zero attached hydrogens (tertiary/aromatic N) is 2. The highest BCUT2D eigenvalue weighted by Crippen LogP contribution is 2.22. The second-order valence-corrected chi connectivity index (χ2v) is 6.62. The van der Waals surface area contributed by atoms with Crippen LogP contribution in [0.1, 0.15) is 22.3 Å². The van der Waals surface area contributed by atoms with Crippen molar-refractivity contribution in [3.05, 3.63) is 64.4 Å². The Morgan fingerprint density at radius 1 is 1.08 bits per heavy atom. The molecule has 0 bridgehead atoms. The second kappa shape index (κ2) is 7.85. The van der Waals surface area contributed by atoms with Crippen LogP contribution in [0.4, 0.5) is 4.39 Å². The van der Waals surface area contributed by atoms with Gasteiger partial charge in [0.05, 0.1) is 0 Å². The summed E-state index contributed by atoms with van der Waals surface area (Å²) in [7, 11) is 0. The molecule has 1 heterocycles. The van der Waals surface area contributed by atoms with Gasteiger partial charge in [0, 0.05) is 37.7 Å². The highest BCUT2D eigenvalue weighted by molar-refractivity contribution is 6.30. The highest BCUT2D eigenvalue weighted by atomic mass is 35.5. The van der Waals surface area contributed by atoms with E-state index in [0.29, 0.717) is 24.7 Å². The molecule has 132 valence electrons.